The average Bonchev–Trinajstić information content (AvgIpc) is 1.96. The van der Waals surface area contributed by atoms with Crippen molar-refractivity contribution in [1.29, 1.82) is 0 Å². The molecule has 1 saturated heterocycles. The summed E-state index contributed by atoms with van der Waals surface area (Å²) < 4.78 is 9.36. The highest BCUT2D eigenvalue weighted by atomic mass is 16.6. The van der Waals surface area contributed by atoms with Crippen molar-refractivity contribution in [2.75, 3.05) is 6.61 Å². The maximum atomic E-state index is 10.7. The minimum atomic E-state index is -0.402. The second kappa shape index (κ2) is 3.90. The van der Waals surface area contributed by atoms with E-state index in [1.165, 1.54) is 6.08 Å². The quantitative estimate of drug-likeness (QED) is 0.455. The van der Waals surface area contributed by atoms with Crippen LogP contribution in [0.3, 0.4) is 0 Å². The van der Waals surface area contributed by atoms with Crippen LogP contribution in [0.5, 0.6) is 0 Å². The molecular weight excluding hydrogens is 160 g/mol. The normalized spacial score (nSPS) is 21.8. The van der Waals surface area contributed by atoms with E-state index in [1.807, 2.05) is 0 Å². The van der Waals surface area contributed by atoms with Crippen molar-refractivity contribution in [2.45, 2.75) is 19.4 Å². The number of carbonyl (C=O) groups is 2. The first-order valence-electron chi connectivity index (χ1n) is 3.71. The third kappa shape index (κ3) is 2.38. The number of carbonyl (C=O) groups excluding carboxylic acids is 2. The zero-order chi connectivity index (χ0) is 8.97. The highest BCUT2D eigenvalue weighted by Crippen LogP contribution is 2.12. The fraction of sp³-hybridized carbons (Fsp3) is 0.500. The van der Waals surface area contributed by atoms with Gasteiger partial charge in [0.05, 0.1) is 6.42 Å². The second-order valence-electron chi connectivity index (χ2n) is 2.45. The van der Waals surface area contributed by atoms with Crippen LogP contribution in [0.4, 0.5) is 0 Å². The summed E-state index contributed by atoms with van der Waals surface area (Å²) in [5.41, 5.74) is 0. The van der Waals surface area contributed by atoms with Crippen LogP contribution < -0.4 is 0 Å². The fourth-order valence-corrected chi connectivity index (χ4v) is 0.814. The van der Waals surface area contributed by atoms with Crippen LogP contribution in [0, 0.1) is 0 Å². The predicted molar refractivity (Wildman–Crippen MR) is 40.3 cm³/mol. The molecule has 4 heteroatoms. The van der Waals surface area contributed by atoms with Gasteiger partial charge in [-0.15, -0.1) is 0 Å². The van der Waals surface area contributed by atoms with Gasteiger partial charge in [-0.05, 0) is 6.92 Å². The number of rotatable bonds is 3. The maximum Gasteiger partial charge on any atom is 0.330 e. The molecule has 1 unspecified atom stereocenters. The van der Waals surface area contributed by atoms with Crippen molar-refractivity contribution in [3.05, 3.63) is 12.2 Å². The van der Waals surface area contributed by atoms with Gasteiger partial charge in [0.25, 0.3) is 0 Å². The molecule has 4 nitrogen and oxygen atoms in total. The highest BCUT2D eigenvalue weighted by molar-refractivity contribution is 5.82. The van der Waals surface area contributed by atoms with E-state index in [2.05, 4.69) is 4.74 Å². The Morgan fingerprint density at radius 2 is 2.50 bits per heavy atom. The molecule has 0 aromatic rings. The lowest BCUT2D eigenvalue weighted by Crippen LogP contribution is -2.36. The van der Waals surface area contributed by atoms with Crippen LogP contribution in [0.1, 0.15) is 13.3 Å². The van der Waals surface area contributed by atoms with E-state index in [0.29, 0.717) is 6.42 Å². The summed E-state index contributed by atoms with van der Waals surface area (Å²) in [5.74, 6) is -0.637. The van der Waals surface area contributed by atoms with Crippen molar-refractivity contribution in [2.24, 2.45) is 0 Å². The van der Waals surface area contributed by atoms with Gasteiger partial charge >= 0.3 is 11.9 Å². The smallest absolute Gasteiger partial charge is 0.330 e. The van der Waals surface area contributed by atoms with E-state index < -0.39 is 5.97 Å². The number of ether oxygens (including phenoxy) is 2. The van der Waals surface area contributed by atoms with E-state index in [0.717, 1.165) is 0 Å². The molecule has 0 radical (unpaired) electrons. The molecule has 0 aromatic carbocycles. The monoisotopic (exact) mass is 170 g/mol. The molecule has 1 aliphatic rings. The number of esters is 2. The third-order valence-electron chi connectivity index (χ3n) is 1.41. The zero-order valence-corrected chi connectivity index (χ0v) is 6.78. The van der Waals surface area contributed by atoms with Gasteiger partial charge in [0.1, 0.15) is 12.7 Å². The molecule has 12 heavy (non-hydrogen) atoms. The summed E-state index contributed by atoms with van der Waals surface area (Å²) in [7, 11) is 0. The fourth-order valence-electron chi connectivity index (χ4n) is 0.814. The van der Waals surface area contributed by atoms with Gasteiger partial charge in [0.2, 0.25) is 0 Å². The zero-order valence-electron chi connectivity index (χ0n) is 6.78. The molecule has 0 saturated carbocycles. The molecule has 66 valence electrons. The molecular formula is C8H10O4. The van der Waals surface area contributed by atoms with Gasteiger partial charge in [-0.25, -0.2) is 4.79 Å². The first-order valence-corrected chi connectivity index (χ1v) is 3.71. The number of hydrogen-bond acceptors (Lipinski definition) is 4. The Kier molecular flexibility index (Phi) is 2.85. The van der Waals surface area contributed by atoms with Gasteiger partial charge in [0.15, 0.2) is 0 Å². The first kappa shape index (κ1) is 8.77. The Morgan fingerprint density at radius 1 is 1.83 bits per heavy atom. The van der Waals surface area contributed by atoms with Crippen LogP contribution in [0.25, 0.3) is 0 Å². The number of hydrogen-bond donors (Lipinski definition) is 0. The minimum Gasteiger partial charge on any atom is -0.459 e. The van der Waals surface area contributed by atoms with Crippen LogP contribution in [-0.2, 0) is 19.1 Å². The summed E-state index contributed by atoms with van der Waals surface area (Å²) in [4.78, 5) is 21.0. The second-order valence-corrected chi connectivity index (χ2v) is 2.45. The van der Waals surface area contributed by atoms with Crippen molar-refractivity contribution >= 4 is 11.9 Å². The minimum absolute atomic E-state index is 0.162. The average molecular weight is 170 g/mol. The van der Waals surface area contributed by atoms with Crippen molar-refractivity contribution in [3.63, 3.8) is 0 Å². The molecule has 0 N–H and O–H groups in total. The molecule has 0 bridgehead atoms. The van der Waals surface area contributed by atoms with Crippen LogP contribution in [0.2, 0.25) is 0 Å². The van der Waals surface area contributed by atoms with Crippen molar-refractivity contribution < 1.29 is 19.1 Å². The lowest BCUT2D eigenvalue weighted by molar-refractivity contribution is -0.177. The Hall–Kier alpha value is -1.32. The van der Waals surface area contributed by atoms with E-state index in [1.54, 1.807) is 13.0 Å². The molecule has 1 heterocycles. The van der Waals surface area contributed by atoms with Gasteiger partial charge in [-0.1, -0.05) is 6.08 Å². The van der Waals surface area contributed by atoms with Crippen LogP contribution in [0.15, 0.2) is 12.2 Å². The Morgan fingerprint density at radius 3 is 3.00 bits per heavy atom. The first-order chi connectivity index (χ1) is 5.72. The molecule has 1 atom stereocenters. The molecule has 1 aliphatic heterocycles. The van der Waals surface area contributed by atoms with Gasteiger partial charge in [0, 0.05) is 6.08 Å². The summed E-state index contributed by atoms with van der Waals surface area (Å²) in [6.45, 7) is 1.89. The summed E-state index contributed by atoms with van der Waals surface area (Å²) in [6.07, 6.45) is 3.03. The molecule has 0 aliphatic carbocycles. The molecule has 1 rings (SSSR count). The highest BCUT2D eigenvalue weighted by Gasteiger charge is 2.29. The van der Waals surface area contributed by atoms with Crippen molar-refractivity contribution in [1.82, 2.24) is 0 Å². The van der Waals surface area contributed by atoms with E-state index >= 15 is 0 Å². The Labute approximate surface area is 70.1 Å². The predicted octanol–water partition coefficient (Wildman–Crippen LogP) is 0.421. The molecule has 0 spiro atoms. The van der Waals surface area contributed by atoms with Gasteiger partial charge < -0.3 is 9.47 Å². The Balaban J connectivity index is 2.10. The third-order valence-corrected chi connectivity index (χ3v) is 1.41. The van der Waals surface area contributed by atoms with Gasteiger partial charge in [-0.3, -0.25) is 4.79 Å². The van der Waals surface area contributed by atoms with Crippen LogP contribution in [-0.4, -0.2) is 24.6 Å². The van der Waals surface area contributed by atoms with E-state index in [4.69, 9.17) is 4.74 Å². The van der Waals surface area contributed by atoms with E-state index in [-0.39, 0.29) is 18.7 Å². The lowest BCUT2D eigenvalue weighted by Gasteiger charge is -2.24. The molecule has 1 fully saturated rings. The topological polar surface area (TPSA) is 52.6 Å². The summed E-state index contributed by atoms with van der Waals surface area (Å²) >= 11 is 0. The summed E-state index contributed by atoms with van der Waals surface area (Å²) in [6, 6.07) is 0. The standard InChI is InChI=1S/C8H10O4/c1-2-3-7(9)11-5-6-4-8(10)12-6/h2-3,6H,4-5H2,1H3/b3-2+. The van der Waals surface area contributed by atoms with Crippen molar-refractivity contribution in [3.8, 4) is 0 Å². The summed E-state index contributed by atoms with van der Waals surface area (Å²) in [5, 5.41) is 0. The number of cyclic esters (lactones) is 1. The molecule has 0 aromatic heterocycles. The van der Waals surface area contributed by atoms with E-state index in [9.17, 15) is 9.59 Å². The van der Waals surface area contributed by atoms with Gasteiger partial charge in [-0.2, -0.15) is 0 Å². The maximum absolute atomic E-state index is 10.7. The number of allylic oxidation sites excluding steroid dienone is 1. The SMILES string of the molecule is C/C=C/C(=O)OCC1CC(=O)O1. The lowest BCUT2D eigenvalue weighted by atomic mass is 10.2. The Bertz CT molecular complexity index is 211. The molecule has 0 amide bonds. The van der Waals surface area contributed by atoms with Crippen LogP contribution >= 0.6 is 0 Å². The largest absolute Gasteiger partial charge is 0.459 e.